The van der Waals surface area contributed by atoms with Gasteiger partial charge in [-0.25, -0.2) is 4.79 Å². The number of hydrogen-bond donors (Lipinski definition) is 3. The molecule has 0 aromatic heterocycles. The van der Waals surface area contributed by atoms with E-state index in [0.29, 0.717) is 0 Å². The van der Waals surface area contributed by atoms with Crippen LogP contribution in [0.2, 0.25) is 0 Å². The molecule has 0 rings (SSSR count). The molecule has 0 spiro atoms. The Balaban J connectivity index is 3.99. The minimum Gasteiger partial charge on any atom is -0.480 e. The second kappa shape index (κ2) is 7.54. The van der Waals surface area contributed by atoms with E-state index < -0.39 is 24.0 Å². The number of carboxylic acids is 1. The number of aliphatic carboxylic acids is 1. The van der Waals surface area contributed by atoms with Gasteiger partial charge >= 0.3 is 5.97 Å². The number of carbonyl (C=O) groups excluding carboxylic acids is 1. The molecule has 5 nitrogen and oxygen atoms in total. The first-order valence-electron chi connectivity index (χ1n) is 4.44. The monoisotopic (exact) mass is 271 g/mol. The zero-order valence-corrected chi connectivity index (χ0v) is 10.3. The summed E-state index contributed by atoms with van der Waals surface area (Å²) < 4.78 is 0. The second-order valence-electron chi connectivity index (χ2n) is 3.09. The minimum atomic E-state index is -1.11. The van der Waals surface area contributed by atoms with Crippen LogP contribution < -0.4 is 5.32 Å². The number of aliphatic hydroxyl groups is 1. The summed E-state index contributed by atoms with van der Waals surface area (Å²) in [5, 5.41) is 20.4. The van der Waals surface area contributed by atoms with Crippen LogP contribution in [-0.4, -0.2) is 45.7 Å². The largest absolute Gasteiger partial charge is 0.480 e. The van der Waals surface area contributed by atoms with Gasteiger partial charge < -0.3 is 15.5 Å². The highest BCUT2D eigenvalue weighted by atomic mass is 35.5. The standard InChI is InChI=1S/C9H14ClNO4S/c1-5(10)8(13)4-16-3-7(9(14)15)11-6(2)12/h7-8,13H,1,3-4H2,2H3,(H,11,12)(H,14,15)/t7-,8?/m0/s1/i3+1,7+1,9+1,11+1. The van der Waals surface area contributed by atoms with E-state index in [1.54, 1.807) is 0 Å². The molecule has 0 aliphatic heterocycles. The van der Waals surface area contributed by atoms with E-state index in [-0.39, 0.29) is 16.5 Å². The molecule has 0 fully saturated rings. The summed E-state index contributed by atoms with van der Waals surface area (Å²) in [4.78, 5) is 21.4. The van der Waals surface area contributed by atoms with Gasteiger partial charge in [-0.05, 0) is 0 Å². The topological polar surface area (TPSA) is 86.6 Å². The molecular formula is C9H14ClNO4S. The Labute approximate surface area is 103 Å². The summed E-state index contributed by atoms with van der Waals surface area (Å²) in [7, 11) is 0. The van der Waals surface area contributed by atoms with Crippen LogP contribution in [-0.2, 0) is 9.59 Å². The first kappa shape index (κ1) is 15.3. The fourth-order valence-electron chi connectivity index (χ4n) is 0.808. The molecule has 0 saturated carbocycles. The van der Waals surface area contributed by atoms with Gasteiger partial charge in [0.05, 0.1) is 6.10 Å². The molecule has 7 heteroatoms. The highest BCUT2D eigenvalue weighted by Gasteiger charge is 2.18. The number of amides is 1. The quantitative estimate of drug-likeness (QED) is 0.462. The van der Waals surface area contributed by atoms with Crippen molar-refractivity contribution in [2.24, 2.45) is 0 Å². The smallest absolute Gasteiger partial charge is 0.327 e. The van der Waals surface area contributed by atoms with Crippen molar-refractivity contribution in [1.29, 1.82) is 0 Å². The van der Waals surface area contributed by atoms with Gasteiger partial charge in [0.2, 0.25) is 5.91 Å². The van der Waals surface area contributed by atoms with Crippen LogP contribution in [0.15, 0.2) is 11.6 Å². The number of aliphatic hydroxyl groups excluding tert-OH is 1. The third-order valence-electron chi connectivity index (χ3n) is 1.60. The molecule has 92 valence electrons. The van der Waals surface area contributed by atoms with E-state index in [4.69, 9.17) is 16.7 Å². The number of hydrogen-bond acceptors (Lipinski definition) is 4. The van der Waals surface area contributed by atoms with Crippen molar-refractivity contribution in [1.82, 2.24) is 5.32 Å². The van der Waals surface area contributed by atoms with Crippen molar-refractivity contribution in [2.45, 2.75) is 19.1 Å². The number of thioether (sulfide) groups is 1. The maximum atomic E-state index is 10.7. The first-order chi connectivity index (χ1) is 7.34. The van der Waals surface area contributed by atoms with Crippen molar-refractivity contribution in [3.05, 3.63) is 11.6 Å². The Hall–Kier alpha value is -0.720. The number of carbonyl (C=O) groups is 2. The van der Waals surface area contributed by atoms with E-state index in [0.717, 1.165) is 0 Å². The predicted molar refractivity (Wildman–Crippen MR) is 63.6 cm³/mol. The van der Waals surface area contributed by atoms with Crippen LogP contribution in [0.1, 0.15) is 6.92 Å². The van der Waals surface area contributed by atoms with E-state index >= 15 is 0 Å². The minimum absolute atomic E-state index is 0.110. The van der Waals surface area contributed by atoms with Gasteiger partial charge in [0.25, 0.3) is 0 Å². The molecule has 0 aliphatic rings. The van der Waals surface area contributed by atoms with Crippen molar-refractivity contribution < 1.29 is 19.8 Å². The molecule has 0 saturated heterocycles. The fraction of sp³-hybridized carbons (Fsp3) is 0.556. The van der Waals surface area contributed by atoms with Crippen molar-refractivity contribution in [2.75, 3.05) is 11.5 Å². The van der Waals surface area contributed by atoms with E-state index in [1.165, 1.54) is 18.7 Å². The van der Waals surface area contributed by atoms with E-state index in [1.807, 2.05) is 0 Å². The first-order valence-corrected chi connectivity index (χ1v) is 5.98. The molecule has 0 aromatic carbocycles. The van der Waals surface area contributed by atoms with Crippen molar-refractivity contribution in [3.8, 4) is 0 Å². The number of halogens is 1. The molecular weight excluding hydrogens is 258 g/mol. The molecule has 0 aliphatic carbocycles. The molecule has 0 aromatic rings. The van der Waals surface area contributed by atoms with E-state index in [2.05, 4.69) is 11.9 Å². The van der Waals surface area contributed by atoms with Gasteiger partial charge in [-0.15, -0.1) is 0 Å². The molecule has 16 heavy (non-hydrogen) atoms. The van der Waals surface area contributed by atoms with Crippen LogP contribution in [0.5, 0.6) is 0 Å². The van der Waals surface area contributed by atoms with Crippen molar-refractivity contribution >= 4 is 35.2 Å². The number of nitrogens with one attached hydrogen (secondary N) is 1. The zero-order valence-electron chi connectivity index (χ0n) is 8.77. The Morgan fingerprint density at radius 1 is 1.50 bits per heavy atom. The van der Waals surface area contributed by atoms with Gasteiger partial charge in [-0.3, -0.25) is 4.79 Å². The van der Waals surface area contributed by atoms with Gasteiger partial charge in [0.15, 0.2) is 0 Å². The van der Waals surface area contributed by atoms with Crippen molar-refractivity contribution in [3.63, 3.8) is 0 Å². The van der Waals surface area contributed by atoms with Gasteiger partial charge in [-0.2, -0.15) is 11.8 Å². The number of carboxylic acid groups (broad SMARTS) is 1. The molecule has 0 radical (unpaired) electrons. The Morgan fingerprint density at radius 2 is 2.06 bits per heavy atom. The summed E-state index contributed by atoms with van der Waals surface area (Å²) in [6, 6.07) is -0.960. The molecule has 1 amide bonds. The highest BCUT2D eigenvalue weighted by Crippen LogP contribution is 2.12. The summed E-state index contributed by atoms with van der Waals surface area (Å²) in [5.41, 5.74) is 0. The maximum absolute atomic E-state index is 10.7. The fourth-order valence-corrected chi connectivity index (χ4v) is 2.00. The Morgan fingerprint density at radius 3 is 2.44 bits per heavy atom. The van der Waals surface area contributed by atoms with Crippen LogP contribution in [0.4, 0.5) is 0 Å². The average Bonchev–Trinajstić information content (AvgIpc) is 2.14. The summed E-state index contributed by atoms with van der Waals surface area (Å²) in [5.74, 6) is -1.11. The second-order valence-corrected chi connectivity index (χ2v) is 4.65. The molecule has 0 bridgehead atoms. The van der Waals surface area contributed by atoms with Crippen LogP contribution in [0, 0.1) is 0 Å². The summed E-state index contributed by atoms with van der Waals surface area (Å²) in [6.07, 6.45) is -0.876. The third kappa shape index (κ3) is 6.71. The lowest BCUT2D eigenvalue weighted by molar-refractivity contribution is -0.140. The Kier molecular flexibility index (Phi) is 7.20. The van der Waals surface area contributed by atoms with E-state index in [9.17, 15) is 14.7 Å². The predicted octanol–water partition coefficient (Wildman–Crippen LogP) is 0.422. The number of rotatable bonds is 7. The molecule has 1 unspecified atom stereocenters. The SMILES string of the molecule is C=C(Cl)C(O)CS[13CH2][13C@H]([15NH]C(C)=O)[13C](=O)O. The van der Waals surface area contributed by atoms with Crippen LogP contribution in [0.25, 0.3) is 0 Å². The summed E-state index contributed by atoms with van der Waals surface area (Å²) in [6.45, 7) is 4.60. The average molecular weight is 272 g/mol. The lowest BCUT2D eigenvalue weighted by Gasteiger charge is -2.14. The summed E-state index contributed by atoms with van der Waals surface area (Å²) >= 11 is 6.62. The lowest BCUT2D eigenvalue weighted by Crippen LogP contribution is -2.41. The Bertz CT molecular complexity index is 285. The molecule has 0 heterocycles. The molecule has 3 N–H and O–H groups in total. The zero-order chi connectivity index (χ0) is 12.7. The highest BCUT2D eigenvalue weighted by molar-refractivity contribution is 7.99. The van der Waals surface area contributed by atoms with Gasteiger partial charge in [0.1, 0.15) is 6.04 Å². The lowest BCUT2D eigenvalue weighted by atomic mass is 10.4. The maximum Gasteiger partial charge on any atom is 0.327 e. The van der Waals surface area contributed by atoms with Crippen LogP contribution in [0.3, 0.4) is 0 Å². The molecule has 2 atom stereocenters. The van der Waals surface area contributed by atoms with Gasteiger partial charge in [-0.1, -0.05) is 18.2 Å². The normalized spacial score (nSPS) is 13.9. The van der Waals surface area contributed by atoms with Gasteiger partial charge in [0, 0.05) is 23.5 Å². The third-order valence-corrected chi connectivity index (χ3v) is 2.97. The van der Waals surface area contributed by atoms with Crippen LogP contribution >= 0.6 is 23.4 Å².